The quantitative estimate of drug-likeness (QED) is 0.849. The number of hydrogen-bond acceptors (Lipinski definition) is 5. The van der Waals surface area contributed by atoms with Gasteiger partial charge in [0.05, 0.1) is 30.6 Å². The third-order valence-corrected chi connectivity index (χ3v) is 4.78. The molecule has 1 saturated heterocycles. The number of carbonyl (C=O) groups is 1. The zero-order valence-corrected chi connectivity index (χ0v) is 16.2. The molecule has 0 atom stereocenters. The number of ether oxygens (including phenoxy) is 2. The van der Waals surface area contributed by atoms with Crippen LogP contribution in [0.4, 0.5) is 10.5 Å². The maximum Gasteiger partial charge on any atom is 0.322 e. The number of hydrogen-bond donors (Lipinski definition) is 1. The van der Waals surface area contributed by atoms with Gasteiger partial charge in [0.1, 0.15) is 11.5 Å². The molecule has 1 fully saturated rings. The summed E-state index contributed by atoms with van der Waals surface area (Å²) < 4.78 is 10.5. The molecule has 2 aromatic rings. The number of urea groups is 1. The summed E-state index contributed by atoms with van der Waals surface area (Å²) >= 11 is 6.11. The maximum absolute atomic E-state index is 12.6. The topological polar surface area (TPSA) is 66.9 Å². The van der Waals surface area contributed by atoms with Crippen LogP contribution in [0.5, 0.6) is 11.5 Å². The van der Waals surface area contributed by atoms with Gasteiger partial charge in [-0.15, -0.1) is 0 Å². The van der Waals surface area contributed by atoms with Crippen molar-refractivity contribution in [3.8, 4) is 11.5 Å². The third kappa shape index (κ3) is 4.81. The van der Waals surface area contributed by atoms with Gasteiger partial charge in [-0.05, 0) is 12.1 Å². The molecule has 8 heteroatoms. The molecule has 1 aromatic carbocycles. The van der Waals surface area contributed by atoms with Crippen molar-refractivity contribution in [3.05, 3.63) is 47.2 Å². The number of halogens is 1. The molecule has 1 N–H and O–H groups in total. The van der Waals surface area contributed by atoms with E-state index in [0.717, 1.165) is 25.3 Å². The molecule has 1 aliphatic heterocycles. The molecule has 2 amide bonds. The summed E-state index contributed by atoms with van der Waals surface area (Å²) in [7, 11) is 3.06. The van der Waals surface area contributed by atoms with Crippen LogP contribution in [0.3, 0.4) is 0 Å². The number of benzene rings is 1. The summed E-state index contributed by atoms with van der Waals surface area (Å²) in [5.74, 6) is 0.968. The molecule has 0 aliphatic carbocycles. The smallest absolute Gasteiger partial charge is 0.322 e. The fourth-order valence-corrected chi connectivity index (χ4v) is 3.21. The summed E-state index contributed by atoms with van der Waals surface area (Å²) in [6.45, 7) is 3.67. The molecule has 27 heavy (non-hydrogen) atoms. The van der Waals surface area contributed by atoms with Crippen LogP contribution in [0.2, 0.25) is 5.02 Å². The number of anilines is 1. The van der Waals surface area contributed by atoms with Crippen LogP contribution in [0.1, 0.15) is 5.69 Å². The van der Waals surface area contributed by atoms with Crippen molar-refractivity contribution in [2.75, 3.05) is 45.7 Å². The largest absolute Gasteiger partial charge is 0.495 e. The van der Waals surface area contributed by atoms with E-state index in [1.54, 1.807) is 23.2 Å². The summed E-state index contributed by atoms with van der Waals surface area (Å²) in [4.78, 5) is 21.1. The predicted octanol–water partition coefficient (Wildman–Crippen LogP) is 3.10. The summed E-state index contributed by atoms with van der Waals surface area (Å²) in [5.41, 5.74) is 1.56. The third-order valence-electron chi connectivity index (χ3n) is 4.49. The summed E-state index contributed by atoms with van der Waals surface area (Å²) in [5, 5.41) is 3.32. The molecule has 0 bridgehead atoms. The Hall–Kier alpha value is -2.51. The standard InChI is InChI=1S/C19H23ClN4O3/c1-26-17-12-16(18(27-2)11-15(17)20)22-19(25)24-9-7-23(8-10-24)13-14-5-3-4-6-21-14/h3-6,11-12H,7-10,13H2,1-2H3,(H,22,25). The highest BCUT2D eigenvalue weighted by Crippen LogP contribution is 2.36. The maximum atomic E-state index is 12.6. The molecule has 1 aliphatic rings. The first kappa shape index (κ1) is 19.3. The van der Waals surface area contributed by atoms with E-state index in [1.807, 2.05) is 18.2 Å². The first-order valence-electron chi connectivity index (χ1n) is 8.70. The van der Waals surface area contributed by atoms with Crippen molar-refractivity contribution in [3.63, 3.8) is 0 Å². The van der Waals surface area contributed by atoms with Crippen molar-refractivity contribution in [2.24, 2.45) is 0 Å². The van der Waals surface area contributed by atoms with Gasteiger partial charge in [-0.3, -0.25) is 9.88 Å². The zero-order chi connectivity index (χ0) is 19.2. The van der Waals surface area contributed by atoms with Crippen LogP contribution in [0.15, 0.2) is 36.5 Å². The van der Waals surface area contributed by atoms with Gasteiger partial charge >= 0.3 is 6.03 Å². The second kappa shape index (κ2) is 8.92. The van der Waals surface area contributed by atoms with Gasteiger partial charge in [-0.1, -0.05) is 17.7 Å². The number of pyridine rings is 1. The van der Waals surface area contributed by atoms with E-state index < -0.39 is 0 Å². The van der Waals surface area contributed by atoms with E-state index in [4.69, 9.17) is 21.1 Å². The lowest BCUT2D eigenvalue weighted by molar-refractivity contribution is 0.142. The number of rotatable bonds is 5. The van der Waals surface area contributed by atoms with Crippen molar-refractivity contribution in [1.82, 2.24) is 14.8 Å². The number of nitrogens with zero attached hydrogens (tertiary/aromatic N) is 3. The van der Waals surface area contributed by atoms with Gasteiger partial charge < -0.3 is 19.7 Å². The van der Waals surface area contributed by atoms with E-state index in [2.05, 4.69) is 15.2 Å². The highest BCUT2D eigenvalue weighted by Gasteiger charge is 2.22. The Bertz CT molecular complexity index is 780. The van der Waals surface area contributed by atoms with E-state index in [0.29, 0.717) is 35.3 Å². The molecule has 1 aromatic heterocycles. The van der Waals surface area contributed by atoms with Gasteiger partial charge in [-0.2, -0.15) is 0 Å². The average Bonchev–Trinajstić information content (AvgIpc) is 2.70. The van der Waals surface area contributed by atoms with Crippen LogP contribution in [-0.2, 0) is 6.54 Å². The van der Waals surface area contributed by atoms with Gasteiger partial charge in [0.2, 0.25) is 0 Å². The van der Waals surface area contributed by atoms with E-state index >= 15 is 0 Å². The Morgan fingerprint density at radius 2 is 1.89 bits per heavy atom. The van der Waals surface area contributed by atoms with Crippen LogP contribution in [-0.4, -0.2) is 61.2 Å². The molecule has 7 nitrogen and oxygen atoms in total. The molecule has 3 rings (SSSR count). The lowest BCUT2D eigenvalue weighted by Gasteiger charge is -2.34. The van der Waals surface area contributed by atoms with Gasteiger partial charge in [0, 0.05) is 51.1 Å². The molecular formula is C19H23ClN4O3. The Morgan fingerprint density at radius 1 is 1.15 bits per heavy atom. The SMILES string of the molecule is COc1cc(NC(=O)N2CCN(Cc3ccccn3)CC2)c(OC)cc1Cl. The normalized spacial score (nSPS) is 14.7. The zero-order valence-electron chi connectivity index (χ0n) is 15.4. The second-order valence-electron chi connectivity index (χ2n) is 6.20. The van der Waals surface area contributed by atoms with Crippen molar-refractivity contribution < 1.29 is 14.3 Å². The second-order valence-corrected chi connectivity index (χ2v) is 6.61. The van der Waals surface area contributed by atoms with E-state index in [9.17, 15) is 4.79 Å². The van der Waals surface area contributed by atoms with Crippen LogP contribution in [0, 0.1) is 0 Å². The Labute approximate surface area is 163 Å². The van der Waals surface area contributed by atoms with Crippen molar-refractivity contribution in [2.45, 2.75) is 6.54 Å². The average molecular weight is 391 g/mol. The lowest BCUT2D eigenvalue weighted by atomic mass is 10.2. The minimum Gasteiger partial charge on any atom is -0.495 e. The highest BCUT2D eigenvalue weighted by molar-refractivity contribution is 6.32. The predicted molar refractivity (Wildman–Crippen MR) is 105 cm³/mol. The number of amides is 2. The minimum atomic E-state index is -0.171. The molecule has 144 valence electrons. The molecule has 0 spiro atoms. The first-order valence-corrected chi connectivity index (χ1v) is 9.08. The molecule has 0 unspecified atom stereocenters. The number of aromatic nitrogens is 1. The molecule has 2 heterocycles. The number of nitrogens with one attached hydrogen (secondary N) is 1. The minimum absolute atomic E-state index is 0.171. The Morgan fingerprint density at radius 3 is 2.52 bits per heavy atom. The van der Waals surface area contributed by atoms with E-state index in [-0.39, 0.29) is 6.03 Å². The fourth-order valence-electron chi connectivity index (χ4n) is 2.98. The van der Waals surface area contributed by atoms with Gasteiger partial charge in [-0.25, -0.2) is 4.79 Å². The Balaban J connectivity index is 1.58. The van der Waals surface area contributed by atoms with Crippen molar-refractivity contribution in [1.29, 1.82) is 0 Å². The van der Waals surface area contributed by atoms with E-state index in [1.165, 1.54) is 14.2 Å². The molecule has 0 saturated carbocycles. The summed E-state index contributed by atoms with van der Waals surface area (Å²) in [6, 6.07) is 9.03. The van der Waals surface area contributed by atoms with Crippen LogP contribution < -0.4 is 14.8 Å². The van der Waals surface area contributed by atoms with Crippen LogP contribution in [0.25, 0.3) is 0 Å². The fraction of sp³-hybridized carbons (Fsp3) is 0.368. The monoisotopic (exact) mass is 390 g/mol. The Kier molecular flexibility index (Phi) is 6.36. The number of piperazine rings is 1. The molecule has 0 radical (unpaired) electrons. The first-order chi connectivity index (χ1) is 13.1. The highest BCUT2D eigenvalue weighted by atomic mass is 35.5. The summed E-state index contributed by atoms with van der Waals surface area (Å²) in [6.07, 6.45) is 1.80. The van der Waals surface area contributed by atoms with Crippen LogP contribution >= 0.6 is 11.6 Å². The van der Waals surface area contributed by atoms with Gasteiger partial charge in [0.25, 0.3) is 0 Å². The van der Waals surface area contributed by atoms with Crippen molar-refractivity contribution >= 4 is 23.3 Å². The van der Waals surface area contributed by atoms with Gasteiger partial charge in [0.15, 0.2) is 0 Å². The lowest BCUT2D eigenvalue weighted by Crippen LogP contribution is -2.49. The molecular weight excluding hydrogens is 368 g/mol. The number of methoxy groups -OCH3 is 2. The number of carbonyl (C=O) groups excluding carboxylic acids is 1.